The Kier molecular flexibility index (Phi) is 6.71. The van der Waals surface area contributed by atoms with Gasteiger partial charge in [-0.25, -0.2) is 0 Å². The van der Waals surface area contributed by atoms with Crippen molar-refractivity contribution in [1.29, 1.82) is 0 Å². The van der Waals surface area contributed by atoms with E-state index >= 15 is 0 Å². The molecule has 2 N–H and O–H groups in total. The average Bonchev–Trinajstić information content (AvgIpc) is 2.41. The number of guanidine groups is 1. The lowest BCUT2D eigenvalue weighted by atomic mass is 9.85. The van der Waals surface area contributed by atoms with Gasteiger partial charge in [0.05, 0.1) is 6.42 Å². The highest BCUT2D eigenvalue weighted by atomic mass is 79.9. The van der Waals surface area contributed by atoms with Gasteiger partial charge in [-0.3, -0.25) is 4.99 Å². The number of benzene rings is 1. The molecular formula is C15H21BrF3N3. The molecule has 1 aromatic rings. The summed E-state index contributed by atoms with van der Waals surface area (Å²) in [6.45, 7) is 4.48. The molecule has 124 valence electrons. The Balaban J connectivity index is 2.55. The van der Waals surface area contributed by atoms with Crippen molar-refractivity contribution in [2.75, 3.05) is 20.1 Å². The SMILES string of the molecule is CN=C(NCCC(F)(F)F)NCC(C)(C)c1cccc(Br)c1. The predicted octanol–water partition coefficient (Wildman–Crippen LogP) is 3.84. The van der Waals surface area contributed by atoms with Crippen molar-refractivity contribution in [3.8, 4) is 0 Å². The van der Waals surface area contributed by atoms with E-state index in [1.807, 2.05) is 24.3 Å². The smallest absolute Gasteiger partial charge is 0.356 e. The van der Waals surface area contributed by atoms with E-state index in [0.29, 0.717) is 12.5 Å². The third kappa shape index (κ3) is 6.68. The van der Waals surface area contributed by atoms with E-state index < -0.39 is 12.6 Å². The molecule has 1 rings (SSSR count). The number of halogens is 4. The number of alkyl halides is 3. The molecule has 0 atom stereocenters. The molecule has 1 aromatic carbocycles. The normalized spacial score (nSPS) is 13.1. The molecule has 7 heteroatoms. The summed E-state index contributed by atoms with van der Waals surface area (Å²) in [5.74, 6) is 0.368. The summed E-state index contributed by atoms with van der Waals surface area (Å²) in [6, 6.07) is 7.95. The van der Waals surface area contributed by atoms with Crippen molar-refractivity contribution in [3.05, 3.63) is 34.3 Å². The molecule has 0 aliphatic carbocycles. The molecule has 0 aliphatic rings. The van der Waals surface area contributed by atoms with Gasteiger partial charge in [0, 0.05) is 30.0 Å². The van der Waals surface area contributed by atoms with E-state index in [0.717, 1.165) is 10.0 Å². The van der Waals surface area contributed by atoms with Gasteiger partial charge < -0.3 is 10.6 Å². The number of hydrogen-bond acceptors (Lipinski definition) is 1. The molecule has 22 heavy (non-hydrogen) atoms. The zero-order valence-electron chi connectivity index (χ0n) is 12.9. The maximum atomic E-state index is 12.1. The fourth-order valence-corrected chi connectivity index (χ4v) is 2.26. The average molecular weight is 380 g/mol. The maximum Gasteiger partial charge on any atom is 0.390 e. The van der Waals surface area contributed by atoms with Crippen LogP contribution in [0.3, 0.4) is 0 Å². The minimum absolute atomic E-state index is 0.189. The van der Waals surface area contributed by atoms with Crippen LogP contribution in [0.1, 0.15) is 25.8 Å². The number of hydrogen-bond donors (Lipinski definition) is 2. The van der Waals surface area contributed by atoms with Crippen LogP contribution < -0.4 is 10.6 Å². The van der Waals surface area contributed by atoms with Crippen molar-refractivity contribution in [2.24, 2.45) is 4.99 Å². The molecule has 0 aliphatic heterocycles. The van der Waals surface area contributed by atoms with Gasteiger partial charge in [-0.05, 0) is 17.7 Å². The zero-order chi connectivity index (χ0) is 16.8. The van der Waals surface area contributed by atoms with Gasteiger partial charge in [0.2, 0.25) is 0 Å². The molecule has 0 bridgehead atoms. The Labute approximate surface area is 137 Å². The summed E-state index contributed by atoms with van der Waals surface area (Å²) >= 11 is 3.44. The summed E-state index contributed by atoms with van der Waals surface area (Å²) in [6.07, 6.45) is -5.05. The fourth-order valence-electron chi connectivity index (χ4n) is 1.86. The summed E-state index contributed by atoms with van der Waals surface area (Å²) in [7, 11) is 1.54. The number of rotatable bonds is 5. The quantitative estimate of drug-likeness (QED) is 0.602. The Morgan fingerprint density at radius 1 is 1.23 bits per heavy atom. The second-order valence-corrected chi connectivity index (χ2v) is 6.53. The largest absolute Gasteiger partial charge is 0.390 e. The van der Waals surface area contributed by atoms with Crippen LogP contribution in [0.15, 0.2) is 33.7 Å². The molecule has 0 saturated heterocycles. The Morgan fingerprint density at radius 2 is 1.91 bits per heavy atom. The minimum atomic E-state index is -4.17. The van der Waals surface area contributed by atoms with E-state index in [4.69, 9.17) is 0 Å². The Morgan fingerprint density at radius 3 is 2.45 bits per heavy atom. The van der Waals surface area contributed by atoms with Crippen LogP contribution in [0.25, 0.3) is 0 Å². The van der Waals surface area contributed by atoms with Gasteiger partial charge in [-0.1, -0.05) is 41.9 Å². The van der Waals surface area contributed by atoms with Gasteiger partial charge in [0.25, 0.3) is 0 Å². The van der Waals surface area contributed by atoms with Crippen molar-refractivity contribution < 1.29 is 13.2 Å². The monoisotopic (exact) mass is 379 g/mol. The van der Waals surface area contributed by atoms with Crippen LogP contribution in [-0.4, -0.2) is 32.3 Å². The number of nitrogens with one attached hydrogen (secondary N) is 2. The van der Waals surface area contributed by atoms with Gasteiger partial charge in [0.1, 0.15) is 0 Å². The highest BCUT2D eigenvalue weighted by molar-refractivity contribution is 9.10. The van der Waals surface area contributed by atoms with Crippen molar-refractivity contribution in [2.45, 2.75) is 31.9 Å². The first-order chi connectivity index (χ1) is 10.1. The van der Waals surface area contributed by atoms with E-state index in [-0.39, 0.29) is 12.0 Å². The third-order valence-corrected chi connectivity index (χ3v) is 3.72. The van der Waals surface area contributed by atoms with Crippen LogP contribution in [0, 0.1) is 0 Å². The van der Waals surface area contributed by atoms with Gasteiger partial charge in [0.15, 0.2) is 5.96 Å². The molecule has 0 radical (unpaired) electrons. The second-order valence-electron chi connectivity index (χ2n) is 5.61. The van der Waals surface area contributed by atoms with E-state index in [1.54, 1.807) is 0 Å². The van der Waals surface area contributed by atoms with Crippen molar-refractivity contribution >= 4 is 21.9 Å². The minimum Gasteiger partial charge on any atom is -0.356 e. The molecule has 0 unspecified atom stereocenters. The van der Waals surface area contributed by atoms with Crippen LogP contribution in [0.2, 0.25) is 0 Å². The van der Waals surface area contributed by atoms with Crippen LogP contribution in [0.5, 0.6) is 0 Å². The zero-order valence-corrected chi connectivity index (χ0v) is 14.5. The summed E-state index contributed by atoms with van der Waals surface area (Å²) in [4.78, 5) is 3.94. The topological polar surface area (TPSA) is 36.4 Å². The lowest BCUT2D eigenvalue weighted by Gasteiger charge is -2.27. The molecule has 0 spiro atoms. The molecule has 3 nitrogen and oxygen atoms in total. The first kappa shape index (κ1) is 18.8. The summed E-state index contributed by atoms with van der Waals surface area (Å²) in [5, 5.41) is 5.74. The van der Waals surface area contributed by atoms with Crippen molar-refractivity contribution in [3.63, 3.8) is 0 Å². The van der Waals surface area contributed by atoms with Gasteiger partial charge >= 0.3 is 6.18 Å². The summed E-state index contributed by atoms with van der Waals surface area (Å²) in [5.41, 5.74) is 0.936. The number of nitrogens with zero attached hydrogens (tertiary/aromatic N) is 1. The number of aliphatic imine (C=N–C) groups is 1. The molecule has 0 amide bonds. The molecule has 0 heterocycles. The maximum absolute atomic E-state index is 12.1. The van der Waals surface area contributed by atoms with Crippen LogP contribution in [0.4, 0.5) is 13.2 Å². The standard InChI is InChI=1S/C15H21BrF3N3/c1-14(2,11-5-4-6-12(16)9-11)10-22-13(20-3)21-8-7-15(17,18)19/h4-6,9H,7-8,10H2,1-3H3,(H2,20,21,22). The second kappa shape index (κ2) is 7.85. The van der Waals surface area contributed by atoms with Gasteiger partial charge in [-0.2, -0.15) is 13.2 Å². The molecular weight excluding hydrogens is 359 g/mol. The highest BCUT2D eigenvalue weighted by Gasteiger charge is 2.26. The summed E-state index contributed by atoms with van der Waals surface area (Å²) < 4.78 is 37.4. The lowest BCUT2D eigenvalue weighted by Crippen LogP contribution is -2.44. The van der Waals surface area contributed by atoms with Gasteiger partial charge in [-0.15, -0.1) is 0 Å². The van der Waals surface area contributed by atoms with E-state index in [1.165, 1.54) is 7.05 Å². The van der Waals surface area contributed by atoms with Crippen LogP contribution >= 0.6 is 15.9 Å². The fraction of sp³-hybridized carbons (Fsp3) is 0.533. The molecule has 0 fully saturated rings. The van der Waals surface area contributed by atoms with E-state index in [2.05, 4.69) is 45.4 Å². The molecule has 0 aromatic heterocycles. The Hall–Kier alpha value is -1.24. The Bertz CT molecular complexity index is 513. The highest BCUT2D eigenvalue weighted by Crippen LogP contribution is 2.25. The molecule has 0 saturated carbocycles. The lowest BCUT2D eigenvalue weighted by molar-refractivity contribution is -0.132. The van der Waals surface area contributed by atoms with Crippen LogP contribution in [-0.2, 0) is 5.41 Å². The van der Waals surface area contributed by atoms with E-state index in [9.17, 15) is 13.2 Å². The third-order valence-electron chi connectivity index (χ3n) is 3.23. The predicted molar refractivity (Wildman–Crippen MR) is 87.2 cm³/mol. The van der Waals surface area contributed by atoms with Crippen molar-refractivity contribution in [1.82, 2.24) is 10.6 Å². The first-order valence-electron chi connectivity index (χ1n) is 6.91. The first-order valence-corrected chi connectivity index (χ1v) is 7.71.